The predicted octanol–water partition coefficient (Wildman–Crippen LogP) is 1.83. The second kappa shape index (κ2) is 8.69. The summed E-state index contributed by atoms with van der Waals surface area (Å²) in [6.07, 6.45) is 7.60. The van der Waals surface area contributed by atoms with Crippen molar-refractivity contribution in [2.45, 2.75) is 39.7 Å². The molecule has 0 aliphatic rings. The molecule has 0 aromatic carbocycles. The molecular weight excluding hydrogens is 242 g/mol. The summed E-state index contributed by atoms with van der Waals surface area (Å²) in [6.45, 7) is 6.09. The zero-order valence-corrected chi connectivity index (χ0v) is 11.9. The van der Waals surface area contributed by atoms with Crippen LogP contribution in [-0.4, -0.2) is 28.7 Å². The van der Waals surface area contributed by atoms with E-state index in [9.17, 15) is 4.79 Å². The Hall–Kier alpha value is -1.36. The van der Waals surface area contributed by atoms with Gasteiger partial charge in [-0.15, -0.1) is 0 Å². The van der Waals surface area contributed by atoms with Crippen LogP contribution >= 0.6 is 0 Å². The van der Waals surface area contributed by atoms with E-state index >= 15 is 0 Å². The summed E-state index contributed by atoms with van der Waals surface area (Å²) in [7, 11) is 0. The van der Waals surface area contributed by atoms with Gasteiger partial charge < -0.3 is 15.0 Å². The van der Waals surface area contributed by atoms with Crippen molar-refractivity contribution < 1.29 is 9.53 Å². The fourth-order valence-electron chi connectivity index (χ4n) is 2.08. The van der Waals surface area contributed by atoms with Crippen molar-refractivity contribution in [2.24, 2.45) is 17.6 Å². The lowest BCUT2D eigenvalue weighted by Crippen LogP contribution is -2.21. The van der Waals surface area contributed by atoms with Crippen molar-refractivity contribution in [3.8, 4) is 0 Å². The number of hydrogen-bond donors (Lipinski definition) is 1. The Balaban J connectivity index is 2.12. The minimum Gasteiger partial charge on any atom is -0.466 e. The van der Waals surface area contributed by atoms with E-state index in [1.54, 1.807) is 12.5 Å². The van der Waals surface area contributed by atoms with Crippen LogP contribution in [0.15, 0.2) is 18.7 Å². The van der Waals surface area contributed by atoms with E-state index in [1.165, 1.54) is 0 Å². The zero-order chi connectivity index (χ0) is 14.1. The Morgan fingerprint density at radius 3 is 2.84 bits per heavy atom. The number of nitrogens with zero attached hydrogens (tertiary/aromatic N) is 2. The highest BCUT2D eigenvalue weighted by Crippen LogP contribution is 2.14. The molecule has 0 amide bonds. The number of aryl methyl sites for hydroxylation is 1. The normalized spacial score (nSPS) is 12.6. The molecule has 0 fully saturated rings. The molecule has 1 aromatic rings. The Kier molecular flexibility index (Phi) is 7.18. The van der Waals surface area contributed by atoms with Gasteiger partial charge in [0, 0.05) is 25.4 Å². The van der Waals surface area contributed by atoms with Crippen LogP contribution in [0.3, 0.4) is 0 Å². The summed E-state index contributed by atoms with van der Waals surface area (Å²) in [4.78, 5) is 15.6. The lowest BCUT2D eigenvalue weighted by atomic mass is 9.94. The first kappa shape index (κ1) is 15.7. The second-order valence-corrected chi connectivity index (χ2v) is 5.31. The molecule has 5 heteroatoms. The molecular formula is C14H25N3O2. The first-order chi connectivity index (χ1) is 9.11. The fraction of sp³-hybridized carbons (Fsp3) is 0.714. The van der Waals surface area contributed by atoms with E-state index in [2.05, 4.69) is 18.8 Å². The maximum absolute atomic E-state index is 11.7. The first-order valence-corrected chi connectivity index (χ1v) is 6.93. The van der Waals surface area contributed by atoms with Crippen LogP contribution in [0.1, 0.15) is 33.1 Å². The molecule has 1 heterocycles. The second-order valence-electron chi connectivity index (χ2n) is 5.31. The molecule has 0 saturated heterocycles. The number of esters is 1. The van der Waals surface area contributed by atoms with Gasteiger partial charge in [-0.1, -0.05) is 13.8 Å². The van der Waals surface area contributed by atoms with Gasteiger partial charge >= 0.3 is 5.97 Å². The number of carbonyl (C=O) groups excluding carboxylic acids is 1. The Labute approximate surface area is 115 Å². The Morgan fingerprint density at radius 2 is 2.26 bits per heavy atom. The molecule has 19 heavy (non-hydrogen) atoms. The van der Waals surface area contributed by atoms with Crippen LogP contribution < -0.4 is 5.73 Å². The lowest BCUT2D eigenvalue weighted by molar-refractivity contribution is -0.145. The van der Waals surface area contributed by atoms with E-state index in [0.29, 0.717) is 25.5 Å². The fourth-order valence-corrected chi connectivity index (χ4v) is 2.08. The number of ether oxygens (including phenoxy) is 1. The molecule has 1 atom stereocenters. The van der Waals surface area contributed by atoms with Crippen molar-refractivity contribution in [2.75, 3.05) is 13.2 Å². The van der Waals surface area contributed by atoms with Gasteiger partial charge in [0.2, 0.25) is 0 Å². The minimum atomic E-state index is -0.137. The summed E-state index contributed by atoms with van der Waals surface area (Å²) < 4.78 is 7.19. The average Bonchev–Trinajstić information content (AvgIpc) is 2.86. The number of carbonyl (C=O) groups is 1. The van der Waals surface area contributed by atoms with Crippen LogP contribution in [-0.2, 0) is 16.1 Å². The van der Waals surface area contributed by atoms with Gasteiger partial charge in [-0.3, -0.25) is 4.79 Å². The SMILES string of the molecule is CC(C)C[C@H](CN)CC(=O)OCCCn1ccnc1. The summed E-state index contributed by atoms with van der Waals surface area (Å²) in [6, 6.07) is 0. The van der Waals surface area contributed by atoms with Crippen molar-refractivity contribution in [1.29, 1.82) is 0 Å². The molecule has 1 rings (SSSR count). The molecule has 1 aromatic heterocycles. The average molecular weight is 267 g/mol. The third-order valence-electron chi connectivity index (χ3n) is 2.98. The predicted molar refractivity (Wildman–Crippen MR) is 74.4 cm³/mol. The van der Waals surface area contributed by atoms with E-state index in [0.717, 1.165) is 19.4 Å². The Morgan fingerprint density at radius 1 is 1.47 bits per heavy atom. The molecule has 108 valence electrons. The molecule has 0 aliphatic carbocycles. The van der Waals surface area contributed by atoms with Gasteiger partial charge in [0.25, 0.3) is 0 Å². The summed E-state index contributed by atoms with van der Waals surface area (Å²) in [5.41, 5.74) is 5.67. The quantitative estimate of drug-likeness (QED) is 0.547. The topological polar surface area (TPSA) is 70.1 Å². The van der Waals surface area contributed by atoms with E-state index in [1.807, 2.05) is 10.8 Å². The highest BCUT2D eigenvalue weighted by molar-refractivity contribution is 5.69. The van der Waals surface area contributed by atoms with Crippen molar-refractivity contribution >= 4 is 5.97 Å². The molecule has 5 nitrogen and oxygen atoms in total. The number of rotatable bonds is 9. The van der Waals surface area contributed by atoms with Crippen molar-refractivity contribution in [3.63, 3.8) is 0 Å². The largest absolute Gasteiger partial charge is 0.466 e. The highest BCUT2D eigenvalue weighted by Gasteiger charge is 2.14. The summed E-state index contributed by atoms with van der Waals surface area (Å²) in [5, 5.41) is 0. The summed E-state index contributed by atoms with van der Waals surface area (Å²) >= 11 is 0. The maximum Gasteiger partial charge on any atom is 0.306 e. The molecule has 2 N–H and O–H groups in total. The molecule has 0 spiro atoms. The van der Waals surface area contributed by atoms with Crippen LogP contribution in [0.5, 0.6) is 0 Å². The first-order valence-electron chi connectivity index (χ1n) is 6.93. The van der Waals surface area contributed by atoms with Crippen LogP contribution in [0.4, 0.5) is 0 Å². The van der Waals surface area contributed by atoms with Gasteiger partial charge in [0.05, 0.1) is 12.9 Å². The van der Waals surface area contributed by atoms with Crippen molar-refractivity contribution in [1.82, 2.24) is 9.55 Å². The van der Waals surface area contributed by atoms with Crippen LogP contribution in [0.25, 0.3) is 0 Å². The molecule has 0 unspecified atom stereocenters. The van der Waals surface area contributed by atoms with E-state index in [-0.39, 0.29) is 11.9 Å². The smallest absolute Gasteiger partial charge is 0.306 e. The number of hydrogen-bond acceptors (Lipinski definition) is 4. The van der Waals surface area contributed by atoms with Crippen LogP contribution in [0.2, 0.25) is 0 Å². The van der Waals surface area contributed by atoms with E-state index < -0.39 is 0 Å². The third-order valence-corrected chi connectivity index (χ3v) is 2.98. The van der Waals surface area contributed by atoms with Crippen molar-refractivity contribution in [3.05, 3.63) is 18.7 Å². The van der Waals surface area contributed by atoms with E-state index in [4.69, 9.17) is 10.5 Å². The standard InChI is InChI=1S/C14H25N3O2/c1-12(2)8-13(10-15)9-14(18)19-7-3-5-17-6-4-16-11-17/h4,6,11-13H,3,5,7-10,15H2,1-2H3/t13-/m0/s1. The molecule has 0 aliphatic heterocycles. The lowest BCUT2D eigenvalue weighted by Gasteiger charge is -2.16. The number of aromatic nitrogens is 2. The zero-order valence-electron chi connectivity index (χ0n) is 11.9. The molecule has 0 bridgehead atoms. The van der Waals surface area contributed by atoms with Crippen LogP contribution in [0, 0.1) is 11.8 Å². The number of imidazole rings is 1. The maximum atomic E-state index is 11.7. The highest BCUT2D eigenvalue weighted by atomic mass is 16.5. The van der Waals surface area contributed by atoms with Gasteiger partial charge in [0.1, 0.15) is 0 Å². The molecule has 0 radical (unpaired) electrons. The third kappa shape index (κ3) is 6.96. The minimum absolute atomic E-state index is 0.137. The van der Waals surface area contributed by atoms with Gasteiger partial charge in [-0.05, 0) is 31.2 Å². The number of nitrogens with two attached hydrogens (primary N) is 1. The van der Waals surface area contributed by atoms with Gasteiger partial charge in [-0.25, -0.2) is 4.98 Å². The summed E-state index contributed by atoms with van der Waals surface area (Å²) in [5.74, 6) is 0.658. The molecule has 0 saturated carbocycles. The monoisotopic (exact) mass is 267 g/mol. The Bertz CT molecular complexity index is 350. The van der Waals surface area contributed by atoms with Gasteiger partial charge in [-0.2, -0.15) is 0 Å². The van der Waals surface area contributed by atoms with Gasteiger partial charge in [0.15, 0.2) is 0 Å².